The van der Waals surface area contributed by atoms with Gasteiger partial charge < -0.3 is 5.11 Å². The van der Waals surface area contributed by atoms with Crippen molar-refractivity contribution in [3.8, 4) is 0 Å². The van der Waals surface area contributed by atoms with Crippen molar-refractivity contribution in [2.45, 2.75) is 105 Å². The minimum Gasteiger partial charge on any atom is -0.385 e. The highest BCUT2D eigenvalue weighted by molar-refractivity contribution is 5.84. The summed E-state index contributed by atoms with van der Waals surface area (Å²) >= 11 is 0. The second-order valence-electron chi connectivity index (χ2n) is 10.1. The minimum absolute atomic E-state index is 0.121. The number of Topliss-reactive ketones (excluding diaryl/α,β-unsaturated/α-hetero) is 1. The highest BCUT2D eigenvalue weighted by Gasteiger charge is 2.32. The zero-order chi connectivity index (χ0) is 28.2. The lowest BCUT2D eigenvalue weighted by atomic mass is 9.87. The number of aryl methyl sites for hydroxylation is 2. The molecule has 1 aliphatic rings. The first-order chi connectivity index (χ1) is 17.2. The van der Waals surface area contributed by atoms with Gasteiger partial charge in [-0.05, 0) is 69.7 Å². The smallest absolute Gasteiger partial charge is 0.385 e. The first kappa shape index (κ1) is 32.5. The Morgan fingerprint density at radius 1 is 1.11 bits per heavy atom. The molecule has 4 nitrogen and oxygen atoms in total. The van der Waals surface area contributed by atoms with E-state index in [-0.39, 0.29) is 12.2 Å². The Morgan fingerprint density at radius 3 is 2.14 bits per heavy atom. The van der Waals surface area contributed by atoms with Crippen molar-refractivity contribution in [1.82, 2.24) is 4.98 Å². The molecule has 1 unspecified atom stereocenters. The van der Waals surface area contributed by atoms with Gasteiger partial charge in [-0.25, -0.2) is 4.98 Å². The van der Waals surface area contributed by atoms with Gasteiger partial charge in [-0.15, -0.1) is 0 Å². The van der Waals surface area contributed by atoms with Crippen LogP contribution in [0.4, 0.5) is 18.9 Å². The van der Waals surface area contributed by atoms with Crippen molar-refractivity contribution >= 4 is 17.2 Å². The predicted octanol–water partition coefficient (Wildman–Crippen LogP) is 8.68. The Morgan fingerprint density at radius 2 is 1.70 bits per heavy atom. The zero-order valence-electron chi connectivity index (χ0n) is 23.4. The van der Waals surface area contributed by atoms with E-state index < -0.39 is 17.5 Å². The van der Waals surface area contributed by atoms with Crippen LogP contribution in [-0.4, -0.2) is 21.6 Å². The zero-order valence-corrected chi connectivity index (χ0v) is 23.4. The molecule has 0 spiro atoms. The van der Waals surface area contributed by atoms with Crippen molar-refractivity contribution in [2.75, 3.05) is 0 Å². The van der Waals surface area contributed by atoms with Crippen LogP contribution in [0.2, 0.25) is 0 Å². The molecule has 3 rings (SSSR count). The van der Waals surface area contributed by atoms with Crippen molar-refractivity contribution in [3.63, 3.8) is 0 Å². The number of hydrogen-bond acceptors (Lipinski definition) is 4. The van der Waals surface area contributed by atoms with E-state index in [4.69, 9.17) is 0 Å². The quantitative estimate of drug-likeness (QED) is 0.372. The van der Waals surface area contributed by atoms with Crippen LogP contribution < -0.4 is 0 Å². The molecular weight excluding hydrogens is 477 g/mol. The van der Waals surface area contributed by atoms with Crippen molar-refractivity contribution in [1.29, 1.82) is 0 Å². The van der Waals surface area contributed by atoms with Crippen LogP contribution in [0.25, 0.3) is 0 Å². The lowest BCUT2D eigenvalue weighted by molar-refractivity contribution is -0.141. The van der Waals surface area contributed by atoms with E-state index in [0.717, 1.165) is 41.7 Å². The van der Waals surface area contributed by atoms with Gasteiger partial charge in [0.1, 0.15) is 11.5 Å². The van der Waals surface area contributed by atoms with E-state index in [1.165, 1.54) is 32.3 Å². The minimum atomic E-state index is -4.40. The van der Waals surface area contributed by atoms with Gasteiger partial charge in [0.25, 0.3) is 0 Å². The first-order valence-electron chi connectivity index (χ1n) is 13.1. The van der Waals surface area contributed by atoms with Gasteiger partial charge in [0, 0.05) is 18.6 Å². The molecule has 1 saturated carbocycles. The predicted molar refractivity (Wildman–Crippen MR) is 145 cm³/mol. The normalized spacial score (nSPS) is 15.4. The molecule has 1 N–H and O–H groups in total. The SMILES string of the molecule is CC1CCC1.CCC(C)=Nc1ccc(C(F)(F)F)nc1C.CCCC(=O)CC(C)(O)c1ccccc1C. The summed E-state index contributed by atoms with van der Waals surface area (Å²) in [5.74, 6) is 1.19. The first-order valence-corrected chi connectivity index (χ1v) is 13.1. The standard InChI is InChI=1S/C14H20O2.C11H13F3N2.C5H10/c1-4-7-12(15)10-14(3,16)13-9-6-5-8-11(13)2;1-4-7(2)15-9-5-6-10(11(12,13)14)16-8(9)3;1-5-3-2-4-5/h5-6,8-9,16H,4,7,10H2,1-3H3;5-6H,4H2,1-3H3;5H,2-4H2,1H3. The molecule has 37 heavy (non-hydrogen) atoms. The lowest BCUT2D eigenvalue weighted by Crippen LogP contribution is -2.26. The Bertz CT molecular complexity index is 1030. The maximum Gasteiger partial charge on any atom is 0.433 e. The molecule has 0 amide bonds. The Kier molecular flexibility index (Phi) is 13.2. The third kappa shape index (κ3) is 11.6. The molecule has 0 radical (unpaired) electrons. The summed E-state index contributed by atoms with van der Waals surface area (Å²) in [5.41, 5.74) is 1.60. The average molecular weight is 521 g/mol. The largest absolute Gasteiger partial charge is 0.433 e. The molecule has 1 aliphatic carbocycles. The van der Waals surface area contributed by atoms with E-state index in [0.29, 0.717) is 17.8 Å². The van der Waals surface area contributed by atoms with Crippen LogP contribution in [0.15, 0.2) is 41.4 Å². The highest BCUT2D eigenvalue weighted by Crippen LogP contribution is 2.30. The van der Waals surface area contributed by atoms with Crippen LogP contribution in [0.1, 0.15) is 102 Å². The lowest BCUT2D eigenvalue weighted by Gasteiger charge is -2.24. The summed E-state index contributed by atoms with van der Waals surface area (Å²) in [6, 6.07) is 9.96. The Labute approximate surface area is 220 Å². The fourth-order valence-corrected chi connectivity index (χ4v) is 3.75. The van der Waals surface area contributed by atoms with Gasteiger partial charge in [-0.3, -0.25) is 9.79 Å². The molecule has 0 aliphatic heterocycles. The van der Waals surface area contributed by atoms with Crippen molar-refractivity contribution < 1.29 is 23.1 Å². The van der Waals surface area contributed by atoms with Gasteiger partial charge in [-0.2, -0.15) is 13.2 Å². The van der Waals surface area contributed by atoms with Crippen LogP contribution >= 0.6 is 0 Å². The number of ketones is 1. The third-order valence-corrected chi connectivity index (χ3v) is 6.36. The number of carbonyl (C=O) groups is 1. The molecule has 0 bridgehead atoms. The molecule has 1 aromatic carbocycles. The number of carbonyl (C=O) groups excluding carboxylic acids is 1. The van der Waals surface area contributed by atoms with Gasteiger partial charge in [0.2, 0.25) is 0 Å². The van der Waals surface area contributed by atoms with Gasteiger partial charge >= 0.3 is 6.18 Å². The highest BCUT2D eigenvalue weighted by atomic mass is 19.4. The van der Waals surface area contributed by atoms with E-state index in [9.17, 15) is 23.1 Å². The number of hydrogen-bond donors (Lipinski definition) is 1. The number of rotatable bonds is 7. The number of alkyl halides is 3. The van der Waals surface area contributed by atoms with E-state index in [1.807, 2.05) is 52.0 Å². The second kappa shape index (κ2) is 15.0. The average Bonchev–Trinajstić information content (AvgIpc) is 2.79. The second-order valence-corrected chi connectivity index (χ2v) is 10.1. The van der Waals surface area contributed by atoms with Crippen LogP contribution in [0, 0.1) is 19.8 Å². The molecule has 206 valence electrons. The summed E-state index contributed by atoms with van der Waals surface area (Å²) in [4.78, 5) is 19.3. The van der Waals surface area contributed by atoms with Crippen LogP contribution in [0.5, 0.6) is 0 Å². The summed E-state index contributed by atoms with van der Waals surface area (Å²) in [7, 11) is 0. The summed E-state index contributed by atoms with van der Waals surface area (Å²) in [5, 5.41) is 10.3. The fraction of sp³-hybridized carbons (Fsp3) is 0.567. The molecule has 1 fully saturated rings. The summed E-state index contributed by atoms with van der Waals surface area (Å²) < 4.78 is 37.0. The number of aliphatic hydroxyl groups is 1. The van der Waals surface area contributed by atoms with Gasteiger partial charge in [0.05, 0.1) is 17.0 Å². The molecule has 1 heterocycles. The molecule has 2 aromatic rings. The maximum atomic E-state index is 12.3. The number of aromatic nitrogens is 1. The number of nitrogens with zero attached hydrogens (tertiary/aromatic N) is 2. The molecule has 0 saturated heterocycles. The van der Waals surface area contributed by atoms with E-state index >= 15 is 0 Å². The number of benzene rings is 1. The number of aliphatic imine (C=N–C) groups is 1. The molecule has 1 aromatic heterocycles. The number of pyridine rings is 1. The number of halogens is 3. The Balaban J connectivity index is 0.000000311. The molecular formula is C30H43F3N2O2. The van der Waals surface area contributed by atoms with Crippen molar-refractivity contribution in [2.24, 2.45) is 10.9 Å². The van der Waals surface area contributed by atoms with Crippen LogP contribution in [-0.2, 0) is 16.6 Å². The summed E-state index contributed by atoms with van der Waals surface area (Å²) in [6.45, 7) is 13.2. The van der Waals surface area contributed by atoms with Crippen molar-refractivity contribution in [3.05, 3.63) is 58.9 Å². The van der Waals surface area contributed by atoms with E-state index in [2.05, 4.69) is 16.9 Å². The van der Waals surface area contributed by atoms with E-state index in [1.54, 1.807) is 6.92 Å². The maximum absolute atomic E-state index is 12.3. The topological polar surface area (TPSA) is 62.5 Å². The molecule has 7 heteroatoms. The van der Waals surface area contributed by atoms with Gasteiger partial charge in [-0.1, -0.05) is 64.3 Å². The third-order valence-electron chi connectivity index (χ3n) is 6.36. The van der Waals surface area contributed by atoms with Gasteiger partial charge in [0.15, 0.2) is 0 Å². The summed E-state index contributed by atoms with van der Waals surface area (Å²) in [6.07, 6.45) is 2.41. The monoisotopic (exact) mass is 520 g/mol. The molecule has 1 atom stereocenters. The fourth-order valence-electron chi connectivity index (χ4n) is 3.75. The Hall–Kier alpha value is -2.54. The van der Waals surface area contributed by atoms with Crippen LogP contribution in [0.3, 0.4) is 0 Å².